The maximum Gasteiger partial charge on any atom is 0.122 e. The lowest BCUT2D eigenvalue weighted by atomic mass is 9.80. The van der Waals surface area contributed by atoms with E-state index in [2.05, 4.69) is 20.6 Å². The standard InChI is InChI=1S/C14H24N4/c15-14(4-2-1-3-5-14)6-8-17-10-11-18-9-7-16-13(18)12-17/h7,9H,1-6,8,10-12,15H2. The summed E-state index contributed by atoms with van der Waals surface area (Å²) in [7, 11) is 0. The van der Waals surface area contributed by atoms with E-state index in [0.29, 0.717) is 0 Å². The first kappa shape index (κ1) is 12.2. The zero-order valence-electron chi connectivity index (χ0n) is 11.1. The fourth-order valence-electron chi connectivity index (χ4n) is 3.30. The molecule has 1 aliphatic carbocycles. The molecule has 2 heterocycles. The number of nitrogens with two attached hydrogens (primary N) is 1. The van der Waals surface area contributed by atoms with Crippen molar-refractivity contribution in [3.8, 4) is 0 Å². The van der Waals surface area contributed by atoms with Crippen molar-refractivity contribution in [1.82, 2.24) is 14.5 Å². The summed E-state index contributed by atoms with van der Waals surface area (Å²) < 4.78 is 2.26. The van der Waals surface area contributed by atoms with Gasteiger partial charge in [-0.15, -0.1) is 0 Å². The van der Waals surface area contributed by atoms with Crippen LogP contribution < -0.4 is 5.73 Å². The second-order valence-corrected chi connectivity index (χ2v) is 5.99. The average molecular weight is 248 g/mol. The largest absolute Gasteiger partial charge is 0.333 e. The third-order valence-electron chi connectivity index (χ3n) is 4.60. The molecule has 0 aromatic carbocycles. The molecule has 0 saturated heterocycles. The molecule has 1 aromatic rings. The van der Waals surface area contributed by atoms with E-state index in [1.807, 2.05) is 6.20 Å². The Labute approximate surface area is 109 Å². The van der Waals surface area contributed by atoms with Gasteiger partial charge in [0.2, 0.25) is 0 Å². The Hall–Kier alpha value is -0.870. The minimum atomic E-state index is 0.116. The summed E-state index contributed by atoms with van der Waals surface area (Å²) >= 11 is 0. The summed E-state index contributed by atoms with van der Waals surface area (Å²) in [5.41, 5.74) is 6.62. The average Bonchev–Trinajstić information content (AvgIpc) is 2.85. The second-order valence-electron chi connectivity index (χ2n) is 5.99. The molecule has 18 heavy (non-hydrogen) atoms. The lowest BCUT2D eigenvalue weighted by Gasteiger charge is -2.36. The van der Waals surface area contributed by atoms with E-state index in [1.165, 1.54) is 37.9 Å². The number of fused-ring (bicyclic) bond motifs is 1. The fraction of sp³-hybridized carbons (Fsp3) is 0.786. The number of aromatic nitrogens is 2. The minimum absolute atomic E-state index is 0.116. The molecule has 100 valence electrons. The van der Waals surface area contributed by atoms with E-state index >= 15 is 0 Å². The van der Waals surface area contributed by atoms with Crippen molar-refractivity contribution in [3.05, 3.63) is 18.2 Å². The molecule has 2 N–H and O–H groups in total. The molecule has 1 fully saturated rings. The molecule has 1 aromatic heterocycles. The predicted molar refractivity (Wildman–Crippen MR) is 72.1 cm³/mol. The normalized spacial score (nSPS) is 23.8. The third kappa shape index (κ3) is 2.59. The van der Waals surface area contributed by atoms with Crippen molar-refractivity contribution < 1.29 is 0 Å². The zero-order valence-corrected chi connectivity index (χ0v) is 11.1. The molecule has 4 heteroatoms. The summed E-state index contributed by atoms with van der Waals surface area (Å²) in [5, 5.41) is 0. The zero-order chi connectivity index (χ0) is 12.4. The van der Waals surface area contributed by atoms with Gasteiger partial charge in [-0.2, -0.15) is 0 Å². The molecule has 0 bridgehead atoms. The van der Waals surface area contributed by atoms with Gasteiger partial charge in [-0.25, -0.2) is 4.98 Å². The Kier molecular flexibility index (Phi) is 3.39. The second kappa shape index (κ2) is 5.02. The topological polar surface area (TPSA) is 47.1 Å². The third-order valence-corrected chi connectivity index (χ3v) is 4.60. The van der Waals surface area contributed by atoms with Gasteiger partial charge in [0.05, 0.1) is 6.54 Å². The highest BCUT2D eigenvalue weighted by atomic mass is 15.2. The summed E-state index contributed by atoms with van der Waals surface area (Å²) in [6.07, 6.45) is 11.6. The van der Waals surface area contributed by atoms with Gasteiger partial charge in [0, 0.05) is 37.6 Å². The molecular formula is C14H24N4. The molecule has 0 spiro atoms. The quantitative estimate of drug-likeness (QED) is 0.886. The summed E-state index contributed by atoms with van der Waals surface area (Å²) in [4.78, 5) is 6.91. The maximum absolute atomic E-state index is 6.50. The van der Waals surface area contributed by atoms with Crippen LogP contribution in [0.2, 0.25) is 0 Å². The molecule has 0 atom stereocenters. The summed E-state index contributed by atoms with van der Waals surface area (Å²) in [6, 6.07) is 0. The predicted octanol–water partition coefficient (Wildman–Crippen LogP) is 1.75. The first-order valence-electron chi connectivity index (χ1n) is 7.26. The SMILES string of the molecule is NC1(CCN2CCn3ccnc3C2)CCCCC1. The van der Waals surface area contributed by atoms with Crippen molar-refractivity contribution in [2.24, 2.45) is 5.73 Å². The van der Waals surface area contributed by atoms with Crippen LogP contribution in [0.4, 0.5) is 0 Å². The molecule has 0 amide bonds. The molecule has 0 radical (unpaired) electrons. The molecule has 0 unspecified atom stereocenters. The van der Waals surface area contributed by atoms with Gasteiger partial charge < -0.3 is 10.3 Å². The van der Waals surface area contributed by atoms with Gasteiger partial charge in [0.25, 0.3) is 0 Å². The Morgan fingerprint density at radius 2 is 2.06 bits per heavy atom. The lowest BCUT2D eigenvalue weighted by molar-refractivity contribution is 0.177. The first-order valence-corrected chi connectivity index (χ1v) is 7.26. The van der Waals surface area contributed by atoms with Gasteiger partial charge >= 0.3 is 0 Å². The Morgan fingerprint density at radius 3 is 2.89 bits per heavy atom. The van der Waals surface area contributed by atoms with Crippen LogP contribution in [0.15, 0.2) is 12.4 Å². The van der Waals surface area contributed by atoms with Crippen LogP contribution in [-0.2, 0) is 13.1 Å². The molecule has 2 aliphatic rings. The highest BCUT2D eigenvalue weighted by Gasteiger charge is 2.28. The highest BCUT2D eigenvalue weighted by molar-refractivity contribution is 4.96. The smallest absolute Gasteiger partial charge is 0.122 e. The molecule has 4 nitrogen and oxygen atoms in total. The summed E-state index contributed by atoms with van der Waals surface area (Å²) in [5.74, 6) is 1.20. The first-order chi connectivity index (χ1) is 8.75. The molecular weight excluding hydrogens is 224 g/mol. The van der Waals surface area contributed by atoms with Gasteiger partial charge in [0.1, 0.15) is 5.82 Å². The number of hydrogen-bond acceptors (Lipinski definition) is 3. The Balaban J connectivity index is 1.52. The fourth-order valence-corrected chi connectivity index (χ4v) is 3.30. The van der Waals surface area contributed by atoms with Gasteiger partial charge in [-0.05, 0) is 19.3 Å². The van der Waals surface area contributed by atoms with Gasteiger partial charge in [-0.1, -0.05) is 19.3 Å². The van der Waals surface area contributed by atoms with Gasteiger partial charge in [0.15, 0.2) is 0 Å². The van der Waals surface area contributed by atoms with E-state index in [4.69, 9.17) is 5.73 Å². The lowest BCUT2D eigenvalue weighted by Crippen LogP contribution is -2.45. The Morgan fingerprint density at radius 1 is 1.22 bits per heavy atom. The minimum Gasteiger partial charge on any atom is -0.333 e. The van der Waals surface area contributed by atoms with Crippen molar-refractivity contribution in [1.29, 1.82) is 0 Å². The highest BCUT2D eigenvalue weighted by Crippen LogP contribution is 2.29. The van der Waals surface area contributed by atoms with Crippen molar-refractivity contribution in [3.63, 3.8) is 0 Å². The number of rotatable bonds is 3. The van der Waals surface area contributed by atoms with Gasteiger partial charge in [-0.3, -0.25) is 4.90 Å². The van der Waals surface area contributed by atoms with Crippen LogP contribution >= 0.6 is 0 Å². The van der Waals surface area contributed by atoms with E-state index < -0.39 is 0 Å². The molecule has 1 saturated carbocycles. The van der Waals surface area contributed by atoms with Crippen molar-refractivity contribution in [2.75, 3.05) is 13.1 Å². The Bertz CT molecular complexity index is 392. The van der Waals surface area contributed by atoms with Crippen molar-refractivity contribution >= 4 is 0 Å². The van der Waals surface area contributed by atoms with Crippen LogP contribution in [0, 0.1) is 0 Å². The number of nitrogens with zero attached hydrogens (tertiary/aromatic N) is 3. The summed E-state index contributed by atoms with van der Waals surface area (Å²) in [6.45, 7) is 4.33. The number of hydrogen-bond donors (Lipinski definition) is 1. The van der Waals surface area contributed by atoms with E-state index in [1.54, 1.807) is 0 Å². The van der Waals surface area contributed by atoms with E-state index in [9.17, 15) is 0 Å². The van der Waals surface area contributed by atoms with E-state index in [0.717, 1.165) is 32.6 Å². The monoisotopic (exact) mass is 248 g/mol. The van der Waals surface area contributed by atoms with Crippen LogP contribution in [0.1, 0.15) is 44.3 Å². The van der Waals surface area contributed by atoms with Crippen molar-refractivity contribution in [2.45, 2.75) is 57.2 Å². The van der Waals surface area contributed by atoms with E-state index in [-0.39, 0.29) is 5.54 Å². The van der Waals surface area contributed by atoms with Crippen LogP contribution in [0.25, 0.3) is 0 Å². The van der Waals surface area contributed by atoms with Crippen LogP contribution in [0.5, 0.6) is 0 Å². The maximum atomic E-state index is 6.50. The molecule has 1 aliphatic heterocycles. The van der Waals surface area contributed by atoms with Crippen LogP contribution in [-0.4, -0.2) is 33.1 Å². The number of imidazole rings is 1. The molecule has 3 rings (SSSR count). The van der Waals surface area contributed by atoms with Crippen LogP contribution in [0.3, 0.4) is 0 Å².